The van der Waals surface area contributed by atoms with Crippen LogP contribution in [-0.2, 0) is 14.8 Å². The van der Waals surface area contributed by atoms with Gasteiger partial charge in [0.15, 0.2) is 0 Å². The Morgan fingerprint density at radius 1 is 1.29 bits per heavy atom. The number of aryl methyl sites for hydroxylation is 1. The van der Waals surface area contributed by atoms with E-state index >= 15 is 0 Å². The van der Waals surface area contributed by atoms with E-state index in [2.05, 4.69) is 5.32 Å². The first kappa shape index (κ1) is 20.9. The van der Waals surface area contributed by atoms with Crippen molar-refractivity contribution >= 4 is 34.0 Å². The van der Waals surface area contributed by atoms with Crippen molar-refractivity contribution in [2.45, 2.75) is 43.5 Å². The van der Waals surface area contributed by atoms with Crippen molar-refractivity contribution in [1.29, 1.82) is 0 Å². The van der Waals surface area contributed by atoms with Crippen LogP contribution in [0.15, 0.2) is 23.1 Å². The molecule has 1 aliphatic carbocycles. The van der Waals surface area contributed by atoms with Crippen LogP contribution >= 0.6 is 12.4 Å². The normalized spacial score (nSPS) is 21.2. The van der Waals surface area contributed by atoms with Crippen LogP contribution in [0.25, 0.3) is 0 Å². The van der Waals surface area contributed by atoms with Gasteiger partial charge >= 0.3 is 0 Å². The third-order valence-electron chi connectivity index (χ3n) is 4.30. The first-order valence-corrected chi connectivity index (χ1v) is 9.25. The van der Waals surface area contributed by atoms with Gasteiger partial charge in [0, 0.05) is 31.7 Å². The Bertz CT molecular complexity index is 692. The molecule has 0 bridgehead atoms. The van der Waals surface area contributed by atoms with Crippen molar-refractivity contribution in [3.8, 4) is 0 Å². The number of hydrogen-bond donors (Lipinski definition) is 2. The molecular formula is C16H26ClN3O3S. The lowest BCUT2D eigenvalue weighted by molar-refractivity contribution is -0.120. The summed E-state index contributed by atoms with van der Waals surface area (Å²) in [6, 6.07) is 5.02. The number of amides is 1. The van der Waals surface area contributed by atoms with Crippen molar-refractivity contribution in [2.24, 2.45) is 11.7 Å². The Balaban J connectivity index is 0.00000288. The zero-order valence-corrected chi connectivity index (χ0v) is 15.9. The Labute approximate surface area is 150 Å². The SMILES string of the molecule is Cc1ccc(NC(=O)C2CCCC(N)C2)cc1S(=O)(=O)N(C)C.Cl. The maximum atomic E-state index is 12.4. The van der Waals surface area contributed by atoms with Crippen LogP contribution in [0.3, 0.4) is 0 Å². The molecule has 1 aromatic carbocycles. The van der Waals surface area contributed by atoms with Crippen LogP contribution in [0, 0.1) is 12.8 Å². The third-order valence-corrected chi connectivity index (χ3v) is 6.26. The smallest absolute Gasteiger partial charge is 0.242 e. The van der Waals surface area contributed by atoms with E-state index in [1.165, 1.54) is 24.5 Å². The second-order valence-corrected chi connectivity index (χ2v) is 8.50. The Kier molecular flexibility index (Phi) is 7.22. The number of benzene rings is 1. The fourth-order valence-electron chi connectivity index (χ4n) is 2.86. The van der Waals surface area contributed by atoms with Crippen molar-refractivity contribution in [3.05, 3.63) is 23.8 Å². The van der Waals surface area contributed by atoms with Gasteiger partial charge in [-0.25, -0.2) is 12.7 Å². The molecule has 136 valence electrons. The summed E-state index contributed by atoms with van der Waals surface area (Å²) >= 11 is 0. The van der Waals surface area contributed by atoms with Gasteiger partial charge in [-0.3, -0.25) is 4.79 Å². The number of carbonyl (C=O) groups excluding carboxylic acids is 1. The van der Waals surface area contributed by atoms with Crippen LogP contribution in [-0.4, -0.2) is 38.8 Å². The molecule has 0 aliphatic heterocycles. The molecule has 0 aromatic heterocycles. The molecule has 0 radical (unpaired) electrons. The van der Waals surface area contributed by atoms with Gasteiger partial charge in [-0.05, 0) is 43.9 Å². The fourth-order valence-corrected chi connectivity index (χ4v) is 4.01. The highest BCUT2D eigenvalue weighted by molar-refractivity contribution is 7.89. The molecule has 3 N–H and O–H groups in total. The molecule has 8 heteroatoms. The number of carbonyl (C=O) groups is 1. The Hall–Kier alpha value is -1.15. The maximum Gasteiger partial charge on any atom is 0.242 e. The molecule has 2 atom stereocenters. The van der Waals surface area contributed by atoms with Gasteiger partial charge in [-0.1, -0.05) is 12.5 Å². The predicted octanol–water partition coefficient (Wildman–Crippen LogP) is 2.12. The van der Waals surface area contributed by atoms with Gasteiger partial charge in [0.2, 0.25) is 15.9 Å². The van der Waals surface area contributed by atoms with E-state index in [1.807, 2.05) is 0 Å². The number of halogens is 1. The molecule has 0 saturated heterocycles. The van der Waals surface area contributed by atoms with E-state index in [0.717, 1.165) is 19.3 Å². The molecule has 24 heavy (non-hydrogen) atoms. The monoisotopic (exact) mass is 375 g/mol. The van der Waals surface area contributed by atoms with Crippen LogP contribution in [0.2, 0.25) is 0 Å². The Morgan fingerprint density at radius 3 is 2.54 bits per heavy atom. The van der Waals surface area contributed by atoms with Crippen LogP contribution < -0.4 is 11.1 Å². The highest BCUT2D eigenvalue weighted by Crippen LogP contribution is 2.26. The van der Waals surface area contributed by atoms with E-state index in [0.29, 0.717) is 17.7 Å². The topological polar surface area (TPSA) is 92.5 Å². The van der Waals surface area contributed by atoms with Crippen LogP contribution in [0.4, 0.5) is 5.69 Å². The number of rotatable bonds is 4. The van der Waals surface area contributed by atoms with Crippen molar-refractivity contribution in [2.75, 3.05) is 19.4 Å². The summed E-state index contributed by atoms with van der Waals surface area (Å²) in [5.74, 6) is -0.189. The summed E-state index contributed by atoms with van der Waals surface area (Å²) < 4.78 is 25.8. The molecule has 1 saturated carbocycles. The minimum atomic E-state index is -3.54. The number of nitrogens with two attached hydrogens (primary N) is 1. The summed E-state index contributed by atoms with van der Waals surface area (Å²) in [4.78, 5) is 12.6. The van der Waals surface area contributed by atoms with E-state index in [4.69, 9.17) is 5.73 Å². The summed E-state index contributed by atoms with van der Waals surface area (Å²) in [6.45, 7) is 1.74. The predicted molar refractivity (Wildman–Crippen MR) is 97.9 cm³/mol. The summed E-state index contributed by atoms with van der Waals surface area (Å²) in [5, 5.41) is 2.83. The van der Waals surface area contributed by atoms with Crippen molar-refractivity contribution in [1.82, 2.24) is 4.31 Å². The molecule has 2 rings (SSSR count). The van der Waals surface area contributed by atoms with Gasteiger partial charge in [0.05, 0.1) is 4.90 Å². The van der Waals surface area contributed by atoms with Gasteiger partial charge in [0.25, 0.3) is 0 Å². The fraction of sp³-hybridized carbons (Fsp3) is 0.562. The van der Waals surface area contributed by atoms with Crippen LogP contribution in [0.1, 0.15) is 31.2 Å². The molecule has 1 aliphatic rings. The van der Waals surface area contributed by atoms with Gasteiger partial charge in [-0.15, -0.1) is 12.4 Å². The number of anilines is 1. The quantitative estimate of drug-likeness (QED) is 0.843. The maximum absolute atomic E-state index is 12.4. The van der Waals surface area contributed by atoms with E-state index in [1.54, 1.807) is 19.1 Å². The van der Waals surface area contributed by atoms with E-state index < -0.39 is 10.0 Å². The molecule has 1 aromatic rings. The largest absolute Gasteiger partial charge is 0.328 e. The number of sulfonamides is 1. The average Bonchev–Trinajstić information content (AvgIpc) is 2.48. The summed E-state index contributed by atoms with van der Waals surface area (Å²) in [5.41, 5.74) is 7.08. The second kappa shape index (κ2) is 8.29. The number of nitrogens with one attached hydrogen (secondary N) is 1. The third kappa shape index (κ3) is 4.69. The minimum absolute atomic E-state index is 0. The molecular weight excluding hydrogens is 350 g/mol. The van der Waals surface area contributed by atoms with Gasteiger partial charge < -0.3 is 11.1 Å². The molecule has 0 heterocycles. The molecule has 0 spiro atoms. The lowest BCUT2D eigenvalue weighted by Gasteiger charge is -2.25. The molecule has 6 nitrogen and oxygen atoms in total. The standard InChI is InChI=1S/C16H25N3O3S.ClH/c1-11-7-8-14(10-15(11)23(21,22)19(2)3)18-16(20)12-5-4-6-13(17)9-12;/h7-8,10,12-13H,4-6,9,17H2,1-3H3,(H,18,20);1H. The number of nitrogens with zero attached hydrogens (tertiary/aromatic N) is 1. The zero-order chi connectivity index (χ0) is 17.2. The van der Waals surface area contributed by atoms with E-state index in [9.17, 15) is 13.2 Å². The highest BCUT2D eigenvalue weighted by Gasteiger charge is 2.26. The van der Waals surface area contributed by atoms with Crippen molar-refractivity contribution < 1.29 is 13.2 Å². The van der Waals surface area contributed by atoms with E-state index in [-0.39, 0.29) is 35.2 Å². The number of hydrogen-bond acceptors (Lipinski definition) is 4. The van der Waals surface area contributed by atoms with Crippen molar-refractivity contribution in [3.63, 3.8) is 0 Å². The highest BCUT2D eigenvalue weighted by atomic mass is 35.5. The lowest BCUT2D eigenvalue weighted by atomic mass is 9.85. The van der Waals surface area contributed by atoms with Gasteiger partial charge in [-0.2, -0.15) is 0 Å². The molecule has 1 fully saturated rings. The van der Waals surface area contributed by atoms with Gasteiger partial charge in [0.1, 0.15) is 0 Å². The first-order chi connectivity index (χ1) is 10.7. The minimum Gasteiger partial charge on any atom is -0.328 e. The summed E-state index contributed by atoms with van der Waals surface area (Å²) in [7, 11) is -0.558. The first-order valence-electron chi connectivity index (χ1n) is 7.81. The Morgan fingerprint density at radius 2 is 1.96 bits per heavy atom. The van der Waals surface area contributed by atoms with Crippen LogP contribution in [0.5, 0.6) is 0 Å². The second-order valence-electron chi connectivity index (χ2n) is 6.38. The lowest BCUT2D eigenvalue weighted by Crippen LogP contribution is -2.34. The average molecular weight is 376 g/mol. The summed E-state index contributed by atoms with van der Waals surface area (Å²) in [6.07, 6.45) is 3.42. The molecule has 2 unspecified atom stereocenters. The zero-order valence-electron chi connectivity index (χ0n) is 14.3. The molecule has 1 amide bonds.